The van der Waals surface area contributed by atoms with Crippen molar-refractivity contribution in [2.75, 3.05) is 6.54 Å². The smallest absolute Gasteiger partial charge is 0.229 e. The van der Waals surface area contributed by atoms with Gasteiger partial charge in [0.15, 0.2) is 0 Å². The SMILES string of the molecule is C=CN(CC1CC1(C)c1ccccc1)C(=O)C1CC1. The summed E-state index contributed by atoms with van der Waals surface area (Å²) in [6.45, 7) is 6.92. The Labute approximate surface area is 115 Å². The molecule has 2 nitrogen and oxygen atoms in total. The van der Waals surface area contributed by atoms with E-state index in [1.165, 1.54) is 12.0 Å². The van der Waals surface area contributed by atoms with Crippen molar-refractivity contribution in [1.82, 2.24) is 4.90 Å². The third kappa shape index (κ3) is 2.32. The first-order valence-electron chi connectivity index (χ1n) is 7.13. The molecule has 19 heavy (non-hydrogen) atoms. The molecule has 2 saturated carbocycles. The van der Waals surface area contributed by atoms with Gasteiger partial charge in [-0.3, -0.25) is 4.79 Å². The Morgan fingerprint density at radius 1 is 1.42 bits per heavy atom. The molecule has 2 atom stereocenters. The van der Waals surface area contributed by atoms with Crippen LogP contribution in [0.1, 0.15) is 31.7 Å². The quantitative estimate of drug-likeness (QED) is 0.790. The van der Waals surface area contributed by atoms with Gasteiger partial charge in [0.05, 0.1) is 0 Å². The Bertz CT molecular complexity index is 491. The van der Waals surface area contributed by atoms with Gasteiger partial charge in [-0.1, -0.05) is 43.8 Å². The van der Waals surface area contributed by atoms with E-state index in [2.05, 4.69) is 43.8 Å². The number of amides is 1. The number of hydrogen-bond donors (Lipinski definition) is 0. The molecule has 0 saturated heterocycles. The van der Waals surface area contributed by atoms with Crippen molar-refractivity contribution < 1.29 is 4.79 Å². The molecule has 0 aliphatic heterocycles. The van der Waals surface area contributed by atoms with Gasteiger partial charge in [-0.15, -0.1) is 0 Å². The van der Waals surface area contributed by atoms with Crippen molar-refractivity contribution in [1.29, 1.82) is 0 Å². The van der Waals surface area contributed by atoms with E-state index >= 15 is 0 Å². The summed E-state index contributed by atoms with van der Waals surface area (Å²) in [5.41, 5.74) is 1.63. The standard InChI is InChI=1S/C17H21NO/c1-3-18(16(19)13-9-10-13)12-15-11-17(15,2)14-7-5-4-6-8-14/h3-8,13,15H,1,9-12H2,2H3. The molecule has 1 amide bonds. The first-order chi connectivity index (χ1) is 9.15. The minimum atomic E-state index is 0.242. The minimum absolute atomic E-state index is 0.242. The summed E-state index contributed by atoms with van der Waals surface area (Å²) in [4.78, 5) is 13.9. The summed E-state index contributed by atoms with van der Waals surface area (Å²) >= 11 is 0. The number of hydrogen-bond acceptors (Lipinski definition) is 1. The molecule has 0 aromatic heterocycles. The van der Waals surface area contributed by atoms with Gasteiger partial charge >= 0.3 is 0 Å². The van der Waals surface area contributed by atoms with Crippen LogP contribution in [0.2, 0.25) is 0 Å². The molecule has 0 N–H and O–H groups in total. The van der Waals surface area contributed by atoms with Gasteiger partial charge in [-0.05, 0) is 42.4 Å². The van der Waals surface area contributed by atoms with Gasteiger partial charge in [-0.25, -0.2) is 0 Å². The number of carbonyl (C=O) groups excluding carboxylic acids is 1. The second kappa shape index (κ2) is 4.52. The maximum atomic E-state index is 12.1. The molecule has 100 valence electrons. The van der Waals surface area contributed by atoms with Crippen LogP contribution in [0.4, 0.5) is 0 Å². The van der Waals surface area contributed by atoms with E-state index in [1.807, 2.05) is 4.90 Å². The van der Waals surface area contributed by atoms with Gasteiger partial charge in [0, 0.05) is 12.5 Å². The predicted octanol–water partition coefficient (Wildman–Crippen LogP) is 3.35. The molecule has 2 heteroatoms. The third-order valence-corrected chi connectivity index (χ3v) is 4.69. The topological polar surface area (TPSA) is 20.3 Å². The summed E-state index contributed by atoms with van der Waals surface area (Å²) in [6.07, 6.45) is 5.00. The monoisotopic (exact) mass is 255 g/mol. The van der Waals surface area contributed by atoms with Crippen molar-refractivity contribution >= 4 is 5.91 Å². The highest BCUT2D eigenvalue weighted by atomic mass is 16.2. The molecule has 0 radical (unpaired) electrons. The lowest BCUT2D eigenvalue weighted by molar-refractivity contribution is -0.130. The molecule has 2 fully saturated rings. The number of nitrogens with zero attached hydrogens (tertiary/aromatic N) is 1. The Kier molecular flexibility index (Phi) is 2.96. The fraction of sp³-hybridized carbons (Fsp3) is 0.471. The fourth-order valence-corrected chi connectivity index (χ4v) is 2.95. The largest absolute Gasteiger partial charge is 0.319 e. The van der Waals surface area contributed by atoms with Crippen molar-refractivity contribution in [2.24, 2.45) is 11.8 Å². The van der Waals surface area contributed by atoms with Crippen molar-refractivity contribution in [3.63, 3.8) is 0 Å². The molecule has 2 unspecified atom stereocenters. The Morgan fingerprint density at radius 3 is 2.68 bits per heavy atom. The first kappa shape index (κ1) is 12.5. The highest BCUT2D eigenvalue weighted by Crippen LogP contribution is 2.54. The van der Waals surface area contributed by atoms with Crippen LogP contribution in [-0.2, 0) is 10.2 Å². The van der Waals surface area contributed by atoms with Crippen LogP contribution >= 0.6 is 0 Å². The van der Waals surface area contributed by atoms with E-state index in [-0.39, 0.29) is 17.2 Å². The molecular formula is C17H21NO. The zero-order valence-corrected chi connectivity index (χ0v) is 11.5. The minimum Gasteiger partial charge on any atom is -0.319 e. The summed E-state index contributed by atoms with van der Waals surface area (Å²) in [5, 5.41) is 0. The summed E-state index contributed by atoms with van der Waals surface area (Å²) in [7, 11) is 0. The third-order valence-electron chi connectivity index (χ3n) is 4.69. The lowest BCUT2D eigenvalue weighted by Gasteiger charge is -2.20. The van der Waals surface area contributed by atoms with Gasteiger partial charge in [-0.2, -0.15) is 0 Å². The van der Waals surface area contributed by atoms with Crippen LogP contribution < -0.4 is 0 Å². The summed E-state index contributed by atoms with van der Waals surface area (Å²) in [5.74, 6) is 1.12. The van der Waals surface area contributed by atoms with Gasteiger partial charge in [0.1, 0.15) is 0 Å². The average molecular weight is 255 g/mol. The fourth-order valence-electron chi connectivity index (χ4n) is 2.95. The van der Waals surface area contributed by atoms with Crippen LogP contribution in [-0.4, -0.2) is 17.4 Å². The average Bonchev–Trinajstić information content (AvgIpc) is 3.33. The highest BCUT2D eigenvalue weighted by Gasteiger charge is 2.52. The van der Waals surface area contributed by atoms with Crippen LogP contribution in [0.15, 0.2) is 43.1 Å². The van der Waals surface area contributed by atoms with E-state index < -0.39 is 0 Å². The highest BCUT2D eigenvalue weighted by molar-refractivity contribution is 5.82. The van der Waals surface area contributed by atoms with Crippen LogP contribution in [0, 0.1) is 11.8 Å². The first-order valence-corrected chi connectivity index (χ1v) is 7.13. The van der Waals surface area contributed by atoms with Gasteiger partial charge < -0.3 is 4.90 Å². The van der Waals surface area contributed by atoms with Crippen molar-refractivity contribution in [3.8, 4) is 0 Å². The molecule has 2 aliphatic carbocycles. The van der Waals surface area contributed by atoms with E-state index in [0.29, 0.717) is 5.92 Å². The maximum absolute atomic E-state index is 12.1. The van der Waals surface area contributed by atoms with E-state index in [4.69, 9.17) is 0 Å². The Morgan fingerprint density at radius 2 is 2.11 bits per heavy atom. The molecular weight excluding hydrogens is 234 g/mol. The van der Waals surface area contributed by atoms with Crippen molar-refractivity contribution in [3.05, 3.63) is 48.7 Å². The normalized spacial score (nSPS) is 28.8. The summed E-state index contributed by atoms with van der Waals surface area (Å²) < 4.78 is 0. The number of rotatable bonds is 5. The Balaban J connectivity index is 1.66. The lowest BCUT2D eigenvalue weighted by atomic mass is 9.95. The second-order valence-corrected chi connectivity index (χ2v) is 6.13. The van der Waals surface area contributed by atoms with Crippen LogP contribution in [0.25, 0.3) is 0 Å². The van der Waals surface area contributed by atoms with E-state index in [1.54, 1.807) is 6.20 Å². The molecule has 1 aromatic carbocycles. The van der Waals surface area contributed by atoms with Crippen LogP contribution in [0.3, 0.4) is 0 Å². The predicted molar refractivity (Wildman–Crippen MR) is 76.5 cm³/mol. The van der Waals surface area contributed by atoms with E-state index in [9.17, 15) is 4.79 Å². The molecule has 0 bridgehead atoms. The van der Waals surface area contributed by atoms with Crippen LogP contribution in [0.5, 0.6) is 0 Å². The van der Waals surface area contributed by atoms with Gasteiger partial charge in [0.25, 0.3) is 0 Å². The number of carbonyl (C=O) groups is 1. The lowest BCUT2D eigenvalue weighted by Crippen LogP contribution is -2.30. The number of benzene rings is 1. The molecule has 3 rings (SSSR count). The maximum Gasteiger partial charge on any atom is 0.229 e. The molecule has 0 spiro atoms. The molecule has 1 aromatic rings. The second-order valence-electron chi connectivity index (χ2n) is 6.13. The molecule has 0 heterocycles. The Hall–Kier alpha value is -1.57. The summed E-state index contributed by atoms with van der Waals surface area (Å²) in [6, 6.07) is 10.6. The van der Waals surface area contributed by atoms with E-state index in [0.717, 1.165) is 19.4 Å². The zero-order chi connectivity index (χ0) is 13.5. The van der Waals surface area contributed by atoms with Crippen molar-refractivity contribution in [2.45, 2.75) is 31.6 Å². The van der Waals surface area contributed by atoms with Gasteiger partial charge in [0.2, 0.25) is 5.91 Å². The molecule has 2 aliphatic rings. The zero-order valence-electron chi connectivity index (χ0n) is 11.5.